The molecule has 0 aliphatic rings. The molecule has 0 N–H and O–H groups in total. The van der Waals surface area contributed by atoms with Gasteiger partial charge in [-0.25, -0.2) is 0 Å². The molecule has 0 aromatic heterocycles. The number of alkyl halides is 1. The molecule has 0 amide bonds. The number of hydrogen-bond acceptors (Lipinski definition) is 1. The van der Waals surface area contributed by atoms with Gasteiger partial charge in [-0.2, -0.15) is 0 Å². The zero-order valence-corrected chi connectivity index (χ0v) is 6.74. The molecule has 0 aromatic rings. The predicted octanol–water partition coefficient (Wildman–Crippen LogP) is 2.09. The Morgan fingerprint density at radius 2 is 2.38 bits per heavy atom. The van der Waals surface area contributed by atoms with E-state index in [-0.39, 0.29) is 10.6 Å². The van der Waals surface area contributed by atoms with Crippen molar-refractivity contribution in [3.8, 4) is 0 Å². The van der Waals surface area contributed by atoms with Crippen LogP contribution in [0, 0.1) is 0 Å². The van der Waals surface area contributed by atoms with Crippen LogP contribution in [-0.2, 0) is 4.79 Å². The molecule has 0 spiro atoms. The average molecular weight is 197 g/mol. The second-order valence-corrected chi connectivity index (χ2v) is 2.94. The molecule has 0 bridgehead atoms. The van der Waals surface area contributed by atoms with Crippen molar-refractivity contribution < 1.29 is 4.79 Å². The maximum Gasteiger partial charge on any atom is 0.169 e. The second-order valence-electron chi connectivity index (χ2n) is 1.31. The highest BCUT2D eigenvalue weighted by Crippen LogP contribution is 1.99. The molecule has 0 heterocycles. The number of halogens is 2. The first kappa shape index (κ1) is 8.18. The quantitative estimate of drug-likeness (QED) is 0.489. The van der Waals surface area contributed by atoms with Gasteiger partial charge in [0.25, 0.3) is 0 Å². The van der Waals surface area contributed by atoms with Gasteiger partial charge in [-0.3, -0.25) is 4.79 Å². The summed E-state index contributed by atoms with van der Waals surface area (Å²) >= 11 is 8.20. The molecule has 1 nitrogen and oxygen atoms in total. The van der Waals surface area contributed by atoms with Crippen LogP contribution in [0.3, 0.4) is 0 Å². The summed E-state index contributed by atoms with van der Waals surface area (Å²) in [7, 11) is 0. The van der Waals surface area contributed by atoms with Gasteiger partial charge in [-0.05, 0) is 13.0 Å². The smallest absolute Gasteiger partial charge is 0.169 e. The molecule has 0 rings (SSSR count). The van der Waals surface area contributed by atoms with Crippen molar-refractivity contribution in [1.29, 1.82) is 0 Å². The summed E-state index contributed by atoms with van der Waals surface area (Å²) in [6.07, 6.45) is 1.32. The van der Waals surface area contributed by atoms with Gasteiger partial charge in [0.1, 0.15) is 0 Å². The first-order valence-electron chi connectivity index (χ1n) is 2.13. The molecule has 0 aromatic carbocycles. The number of hydrogen-bond donors (Lipinski definition) is 0. The number of carbonyl (C=O) groups is 1. The van der Waals surface area contributed by atoms with Crippen LogP contribution < -0.4 is 0 Å². The van der Waals surface area contributed by atoms with Crippen molar-refractivity contribution in [3.63, 3.8) is 0 Å². The predicted molar refractivity (Wildman–Crippen MR) is 38.4 cm³/mol. The van der Waals surface area contributed by atoms with Gasteiger partial charge in [0.05, 0.1) is 4.83 Å². The summed E-state index contributed by atoms with van der Waals surface area (Å²) in [6, 6.07) is 0. The summed E-state index contributed by atoms with van der Waals surface area (Å²) in [5.74, 6) is -0.0139. The molecule has 3 heteroatoms. The third-order valence-corrected chi connectivity index (χ3v) is 1.20. The normalized spacial score (nSPS) is 14.4. The summed E-state index contributed by atoms with van der Waals surface area (Å²) in [6.45, 7) is 1.75. The van der Waals surface area contributed by atoms with Crippen molar-refractivity contribution in [1.82, 2.24) is 0 Å². The van der Waals surface area contributed by atoms with Gasteiger partial charge >= 0.3 is 0 Å². The van der Waals surface area contributed by atoms with E-state index >= 15 is 0 Å². The van der Waals surface area contributed by atoms with E-state index in [1.54, 1.807) is 6.92 Å². The molecule has 1 atom stereocenters. The highest BCUT2D eigenvalue weighted by atomic mass is 79.9. The van der Waals surface area contributed by atoms with Crippen LogP contribution in [0.5, 0.6) is 0 Å². The maximum atomic E-state index is 10.5. The minimum absolute atomic E-state index is 0.0139. The lowest BCUT2D eigenvalue weighted by atomic mass is 10.3. The summed E-state index contributed by atoms with van der Waals surface area (Å²) in [5, 5.41) is 0. The first-order chi connectivity index (χ1) is 3.68. The van der Waals surface area contributed by atoms with Crippen LogP contribution in [0.15, 0.2) is 11.6 Å². The molecular formula is C5H6BrClO. The molecule has 0 radical (unpaired) electrons. The minimum Gasteiger partial charge on any atom is -0.294 e. The topological polar surface area (TPSA) is 17.1 Å². The summed E-state index contributed by atoms with van der Waals surface area (Å²) in [5.41, 5.74) is 1.21. The largest absolute Gasteiger partial charge is 0.294 e. The zero-order chi connectivity index (χ0) is 6.57. The monoisotopic (exact) mass is 196 g/mol. The highest BCUT2D eigenvalue weighted by Gasteiger charge is 2.01. The minimum atomic E-state index is -0.127. The lowest BCUT2D eigenvalue weighted by Crippen LogP contribution is -2.04. The Balaban J connectivity index is 3.66. The first-order valence-corrected chi connectivity index (χ1v) is 3.48. The molecule has 0 fully saturated rings. The van der Waals surface area contributed by atoms with Crippen LogP contribution in [-0.4, -0.2) is 10.6 Å². The summed E-state index contributed by atoms with van der Waals surface area (Å²) < 4.78 is 0. The number of rotatable bonds is 2. The van der Waals surface area contributed by atoms with Crippen LogP contribution in [0.4, 0.5) is 0 Å². The average Bonchev–Trinajstić information content (AvgIpc) is 1.67. The molecule has 0 aliphatic carbocycles. The molecule has 8 heavy (non-hydrogen) atoms. The lowest BCUT2D eigenvalue weighted by Gasteiger charge is -1.91. The van der Waals surface area contributed by atoms with E-state index in [0.717, 1.165) is 0 Å². The van der Waals surface area contributed by atoms with Crippen molar-refractivity contribution in [2.24, 2.45) is 0 Å². The lowest BCUT2D eigenvalue weighted by molar-refractivity contribution is -0.113. The molecular weight excluding hydrogens is 191 g/mol. The van der Waals surface area contributed by atoms with Gasteiger partial charge in [-0.15, -0.1) is 0 Å². The van der Waals surface area contributed by atoms with Gasteiger partial charge in [-0.1, -0.05) is 27.5 Å². The van der Waals surface area contributed by atoms with Crippen molar-refractivity contribution in [3.05, 3.63) is 11.6 Å². The van der Waals surface area contributed by atoms with Crippen molar-refractivity contribution >= 4 is 33.3 Å². The van der Waals surface area contributed by atoms with E-state index in [2.05, 4.69) is 15.9 Å². The van der Waals surface area contributed by atoms with E-state index < -0.39 is 0 Å². The van der Waals surface area contributed by atoms with E-state index in [1.807, 2.05) is 0 Å². The Kier molecular flexibility index (Phi) is 4.19. The Bertz CT molecular complexity index is 109. The fraction of sp³-hybridized carbons (Fsp3) is 0.400. The molecule has 46 valence electrons. The Morgan fingerprint density at radius 1 is 1.88 bits per heavy atom. The van der Waals surface area contributed by atoms with E-state index in [0.29, 0.717) is 0 Å². The van der Waals surface area contributed by atoms with Crippen LogP contribution in [0.1, 0.15) is 6.92 Å². The molecule has 0 saturated carbocycles. The van der Waals surface area contributed by atoms with Gasteiger partial charge in [0.2, 0.25) is 0 Å². The Labute approximate surface area is 61.8 Å². The molecule has 1 unspecified atom stereocenters. The number of carbonyl (C=O) groups excluding carboxylic acids is 1. The fourth-order valence-electron chi connectivity index (χ4n) is 0.195. The SMILES string of the molecule is CC(Br)C(=O)C=CCl. The maximum absolute atomic E-state index is 10.5. The van der Waals surface area contributed by atoms with E-state index in [4.69, 9.17) is 11.6 Å². The second kappa shape index (κ2) is 4.10. The zero-order valence-electron chi connectivity index (χ0n) is 4.40. The highest BCUT2D eigenvalue weighted by molar-refractivity contribution is 9.10. The van der Waals surface area contributed by atoms with Crippen molar-refractivity contribution in [2.45, 2.75) is 11.8 Å². The van der Waals surface area contributed by atoms with Gasteiger partial charge in [0, 0.05) is 5.54 Å². The Morgan fingerprint density at radius 3 is 2.50 bits per heavy atom. The van der Waals surface area contributed by atoms with Crippen molar-refractivity contribution in [2.75, 3.05) is 0 Å². The van der Waals surface area contributed by atoms with Gasteiger partial charge < -0.3 is 0 Å². The third-order valence-electron chi connectivity index (χ3n) is 0.619. The number of ketones is 1. The van der Waals surface area contributed by atoms with E-state index in [9.17, 15) is 4.79 Å². The Hall–Kier alpha value is 0.180. The number of allylic oxidation sites excluding steroid dienone is 1. The van der Waals surface area contributed by atoms with Crippen LogP contribution in [0.25, 0.3) is 0 Å². The van der Waals surface area contributed by atoms with Gasteiger partial charge in [0.15, 0.2) is 5.78 Å². The third kappa shape index (κ3) is 3.22. The van der Waals surface area contributed by atoms with E-state index in [1.165, 1.54) is 11.6 Å². The summed E-state index contributed by atoms with van der Waals surface area (Å²) in [4.78, 5) is 10.4. The van der Waals surface area contributed by atoms with Crippen LogP contribution in [0.2, 0.25) is 0 Å². The van der Waals surface area contributed by atoms with Crippen LogP contribution >= 0.6 is 27.5 Å². The fourth-order valence-corrected chi connectivity index (χ4v) is 0.471. The standard InChI is InChI=1S/C5H6BrClO/c1-4(6)5(8)2-3-7/h2-4H,1H3. The molecule has 0 aliphatic heterocycles. The molecule has 0 saturated heterocycles.